The first kappa shape index (κ1) is 17.6. The van der Waals surface area contributed by atoms with E-state index in [0.29, 0.717) is 41.8 Å². The highest BCUT2D eigenvalue weighted by molar-refractivity contribution is 5.55. The fourth-order valence-corrected chi connectivity index (χ4v) is 4.03. The van der Waals surface area contributed by atoms with Crippen LogP contribution >= 0.6 is 0 Å². The molecule has 0 amide bonds. The highest BCUT2D eigenvalue weighted by Crippen LogP contribution is 2.36. The summed E-state index contributed by atoms with van der Waals surface area (Å²) in [6.45, 7) is 4.47. The minimum Gasteiger partial charge on any atom is -0.392 e. The number of β-amino-alcohol motifs (C(OH)–C–C–N with tert-alkyl or cyclic N) is 1. The van der Waals surface area contributed by atoms with Gasteiger partial charge in [0, 0.05) is 18.2 Å². The summed E-state index contributed by atoms with van der Waals surface area (Å²) in [5, 5.41) is 14.3. The van der Waals surface area contributed by atoms with E-state index >= 15 is 0 Å². The molecular formula is C19H25FN4O2. The zero-order valence-corrected chi connectivity index (χ0v) is 15.2. The minimum atomic E-state index is -0.383. The highest BCUT2D eigenvalue weighted by atomic mass is 19.1. The lowest BCUT2D eigenvalue weighted by atomic mass is 10.0. The van der Waals surface area contributed by atoms with Crippen LogP contribution in [0.3, 0.4) is 0 Å². The maximum absolute atomic E-state index is 13.8. The number of nitrogens with zero attached hydrogens (tertiary/aromatic N) is 4. The number of aliphatic hydroxyl groups is 1. The van der Waals surface area contributed by atoms with E-state index in [1.165, 1.54) is 6.07 Å². The van der Waals surface area contributed by atoms with E-state index in [9.17, 15) is 9.50 Å². The third-order valence-corrected chi connectivity index (χ3v) is 5.63. The quantitative estimate of drug-likeness (QED) is 0.907. The third-order valence-electron chi connectivity index (χ3n) is 5.63. The molecule has 26 heavy (non-hydrogen) atoms. The molecule has 140 valence electrons. The van der Waals surface area contributed by atoms with E-state index in [1.807, 2.05) is 0 Å². The molecular weight excluding hydrogens is 335 g/mol. The molecule has 0 spiro atoms. The van der Waals surface area contributed by atoms with Gasteiger partial charge in [-0.05, 0) is 58.0 Å². The van der Waals surface area contributed by atoms with Gasteiger partial charge in [-0.3, -0.25) is 4.90 Å². The maximum atomic E-state index is 13.8. The maximum Gasteiger partial charge on any atom is 0.244 e. The van der Waals surface area contributed by atoms with Crippen molar-refractivity contribution in [2.75, 3.05) is 26.7 Å². The molecule has 2 aliphatic rings. The Morgan fingerprint density at radius 1 is 1.27 bits per heavy atom. The van der Waals surface area contributed by atoms with Crippen molar-refractivity contribution in [3.05, 3.63) is 35.5 Å². The number of piperidine rings is 1. The Hall–Kier alpha value is -1.83. The number of aryl methyl sites for hydroxylation is 1. The van der Waals surface area contributed by atoms with Gasteiger partial charge in [-0.1, -0.05) is 17.3 Å². The van der Waals surface area contributed by atoms with E-state index in [2.05, 4.69) is 27.0 Å². The van der Waals surface area contributed by atoms with Crippen molar-refractivity contribution in [3.63, 3.8) is 0 Å². The van der Waals surface area contributed by atoms with Gasteiger partial charge in [0.25, 0.3) is 0 Å². The third kappa shape index (κ3) is 3.39. The van der Waals surface area contributed by atoms with E-state index in [-0.39, 0.29) is 18.0 Å². The number of rotatable bonds is 3. The fourth-order valence-electron chi connectivity index (χ4n) is 4.03. The van der Waals surface area contributed by atoms with E-state index in [1.54, 1.807) is 19.1 Å². The smallest absolute Gasteiger partial charge is 0.244 e. The molecule has 6 nitrogen and oxygen atoms in total. The van der Waals surface area contributed by atoms with Crippen LogP contribution in [0.5, 0.6) is 0 Å². The van der Waals surface area contributed by atoms with Gasteiger partial charge in [-0.25, -0.2) is 4.39 Å². The van der Waals surface area contributed by atoms with Crippen molar-refractivity contribution >= 4 is 0 Å². The normalized spacial score (nSPS) is 25.8. The fraction of sp³-hybridized carbons (Fsp3) is 0.579. The summed E-state index contributed by atoms with van der Waals surface area (Å²) in [4.78, 5) is 9.16. The molecule has 0 bridgehead atoms. The first-order chi connectivity index (χ1) is 12.5. The van der Waals surface area contributed by atoms with Gasteiger partial charge in [0.15, 0.2) is 0 Å². The van der Waals surface area contributed by atoms with Gasteiger partial charge in [0.2, 0.25) is 11.7 Å². The predicted molar refractivity (Wildman–Crippen MR) is 95.0 cm³/mol. The van der Waals surface area contributed by atoms with Gasteiger partial charge < -0.3 is 14.5 Å². The first-order valence-corrected chi connectivity index (χ1v) is 9.23. The Morgan fingerprint density at radius 2 is 2.04 bits per heavy atom. The molecule has 0 saturated carbocycles. The van der Waals surface area contributed by atoms with Crippen LogP contribution in [-0.2, 0) is 0 Å². The Labute approximate surface area is 152 Å². The number of aliphatic hydroxyl groups excluding tert-OH is 1. The molecule has 2 fully saturated rings. The van der Waals surface area contributed by atoms with E-state index in [0.717, 1.165) is 25.9 Å². The van der Waals surface area contributed by atoms with Crippen LogP contribution in [0.2, 0.25) is 0 Å². The molecule has 1 aromatic carbocycles. The molecule has 0 radical (unpaired) electrons. The molecule has 0 unspecified atom stereocenters. The van der Waals surface area contributed by atoms with Gasteiger partial charge in [-0.15, -0.1) is 0 Å². The Morgan fingerprint density at radius 3 is 2.77 bits per heavy atom. The summed E-state index contributed by atoms with van der Waals surface area (Å²) in [6.07, 6.45) is 2.36. The molecule has 4 rings (SSSR count). The second-order valence-electron chi connectivity index (χ2n) is 7.56. The molecule has 2 aliphatic heterocycles. The lowest BCUT2D eigenvalue weighted by molar-refractivity contribution is 0.0881. The summed E-state index contributed by atoms with van der Waals surface area (Å²) in [6, 6.07) is 5.29. The van der Waals surface area contributed by atoms with Crippen LogP contribution in [0, 0.1) is 12.7 Å². The van der Waals surface area contributed by atoms with Crippen LogP contribution in [0.4, 0.5) is 4.39 Å². The Kier molecular flexibility index (Phi) is 4.77. The lowest BCUT2D eigenvalue weighted by Crippen LogP contribution is -2.43. The van der Waals surface area contributed by atoms with Gasteiger partial charge in [0.05, 0.1) is 12.1 Å². The standard InChI is InChI=1S/C19H25FN4O2/c1-12-3-4-13(9-16(12)20)18-21-19(26-22-18)17-10-15(25)11-24(17)14-5-7-23(2)8-6-14/h3-4,9,14-15,17,25H,5-8,10-11H2,1-2H3/t15-,17+/m1/s1. The largest absolute Gasteiger partial charge is 0.392 e. The summed E-state index contributed by atoms with van der Waals surface area (Å²) in [5.41, 5.74) is 1.19. The second-order valence-corrected chi connectivity index (χ2v) is 7.56. The number of hydrogen-bond donors (Lipinski definition) is 1. The molecule has 2 atom stereocenters. The van der Waals surface area contributed by atoms with Crippen molar-refractivity contribution in [2.45, 2.75) is 44.4 Å². The summed E-state index contributed by atoms with van der Waals surface area (Å²) in [5.74, 6) is 0.623. The van der Waals surface area contributed by atoms with Crippen LogP contribution in [-0.4, -0.2) is 63.9 Å². The lowest BCUT2D eigenvalue weighted by Gasteiger charge is -2.37. The van der Waals surface area contributed by atoms with E-state index in [4.69, 9.17) is 4.52 Å². The molecule has 2 aromatic rings. The zero-order chi connectivity index (χ0) is 18.3. The van der Waals surface area contributed by atoms with Gasteiger partial charge >= 0.3 is 0 Å². The first-order valence-electron chi connectivity index (χ1n) is 9.23. The molecule has 1 N–H and O–H groups in total. The monoisotopic (exact) mass is 360 g/mol. The average Bonchev–Trinajstić information content (AvgIpc) is 3.25. The predicted octanol–water partition coefficient (Wildman–Crippen LogP) is 2.39. The molecule has 7 heteroatoms. The minimum absolute atomic E-state index is 0.0741. The molecule has 1 aromatic heterocycles. The van der Waals surface area contributed by atoms with Crippen LogP contribution < -0.4 is 0 Å². The zero-order valence-electron chi connectivity index (χ0n) is 15.2. The number of benzene rings is 1. The highest BCUT2D eigenvalue weighted by Gasteiger charge is 2.40. The summed E-state index contributed by atoms with van der Waals surface area (Å²) >= 11 is 0. The average molecular weight is 360 g/mol. The second kappa shape index (κ2) is 7.06. The van der Waals surface area contributed by atoms with Gasteiger partial charge in [-0.2, -0.15) is 4.98 Å². The van der Waals surface area contributed by atoms with Crippen molar-refractivity contribution in [3.8, 4) is 11.4 Å². The number of likely N-dealkylation sites (tertiary alicyclic amines) is 2. The van der Waals surface area contributed by atoms with Crippen molar-refractivity contribution in [1.29, 1.82) is 0 Å². The number of aromatic nitrogens is 2. The molecule has 3 heterocycles. The van der Waals surface area contributed by atoms with Crippen LogP contribution in [0.25, 0.3) is 11.4 Å². The van der Waals surface area contributed by atoms with Crippen molar-refractivity contribution < 1.29 is 14.0 Å². The van der Waals surface area contributed by atoms with Gasteiger partial charge in [0.1, 0.15) is 5.82 Å². The topological polar surface area (TPSA) is 65.6 Å². The van der Waals surface area contributed by atoms with Crippen LogP contribution in [0.15, 0.2) is 22.7 Å². The number of halogens is 1. The van der Waals surface area contributed by atoms with Crippen LogP contribution in [0.1, 0.15) is 36.8 Å². The Bertz CT molecular complexity index is 773. The number of hydrogen-bond acceptors (Lipinski definition) is 6. The van der Waals surface area contributed by atoms with Crippen molar-refractivity contribution in [2.24, 2.45) is 0 Å². The SMILES string of the molecule is Cc1ccc(-c2noc([C@@H]3C[C@@H](O)CN3C3CCN(C)CC3)n2)cc1F. The summed E-state index contributed by atoms with van der Waals surface area (Å²) < 4.78 is 19.3. The summed E-state index contributed by atoms with van der Waals surface area (Å²) in [7, 11) is 2.14. The molecule has 2 saturated heterocycles. The Balaban J connectivity index is 1.56. The van der Waals surface area contributed by atoms with E-state index < -0.39 is 0 Å². The molecule has 0 aliphatic carbocycles. The van der Waals surface area contributed by atoms with Crippen molar-refractivity contribution in [1.82, 2.24) is 19.9 Å².